The summed E-state index contributed by atoms with van der Waals surface area (Å²) in [6.45, 7) is 2.80. The third-order valence-corrected chi connectivity index (χ3v) is 5.77. The van der Waals surface area contributed by atoms with E-state index in [0.29, 0.717) is 11.5 Å². The summed E-state index contributed by atoms with van der Waals surface area (Å²) < 4.78 is 4.22. The number of hydrogen-bond acceptors (Lipinski definition) is 6. The van der Waals surface area contributed by atoms with Crippen LogP contribution < -0.4 is 10.6 Å². The standard InChI is InChI=1S/C16H24N4O3S/c1-9-14(16(17-2)24-19-9)15(23)18-11-5-12(6-11)20(8-13(21)22)7-10-3-4-10/h10-12,17H,3-8H2,1-2H3,(H,18,23)(H,21,22). The number of nitrogens with zero attached hydrogens (tertiary/aromatic N) is 2. The number of aryl methyl sites for hydroxylation is 1. The maximum atomic E-state index is 12.5. The first kappa shape index (κ1) is 17.2. The smallest absolute Gasteiger partial charge is 0.317 e. The lowest BCUT2D eigenvalue weighted by Crippen LogP contribution is -2.55. The van der Waals surface area contributed by atoms with E-state index >= 15 is 0 Å². The molecular weight excluding hydrogens is 328 g/mol. The second-order valence-electron chi connectivity index (χ2n) is 6.78. The Morgan fingerprint density at radius 3 is 2.67 bits per heavy atom. The van der Waals surface area contributed by atoms with Gasteiger partial charge in [-0.15, -0.1) is 0 Å². The zero-order valence-electron chi connectivity index (χ0n) is 14.0. The van der Waals surface area contributed by atoms with Crippen LogP contribution in [0.4, 0.5) is 5.00 Å². The second-order valence-corrected chi connectivity index (χ2v) is 7.56. The molecule has 1 amide bonds. The van der Waals surface area contributed by atoms with Crippen LogP contribution in [-0.4, -0.2) is 58.5 Å². The molecule has 0 saturated heterocycles. The van der Waals surface area contributed by atoms with Crippen molar-refractivity contribution in [3.05, 3.63) is 11.3 Å². The third kappa shape index (κ3) is 3.87. The Bertz CT molecular complexity index is 623. The molecule has 2 fully saturated rings. The predicted octanol–water partition coefficient (Wildman–Crippen LogP) is 1.55. The van der Waals surface area contributed by atoms with E-state index in [2.05, 4.69) is 19.9 Å². The molecule has 0 aliphatic heterocycles. The summed E-state index contributed by atoms with van der Waals surface area (Å²) in [6.07, 6.45) is 4.05. The maximum absolute atomic E-state index is 12.5. The van der Waals surface area contributed by atoms with Gasteiger partial charge in [-0.25, -0.2) is 0 Å². The normalized spacial score (nSPS) is 23.0. The van der Waals surface area contributed by atoms with Gasteiger partial charge in [-0.05, 0) is 50.1 Å². The van der Waals surface area contributed by atoms with Gasteiger partial charge >= 0.3 is 5.97 Å². The SMILES string of the molecule is CNc1snc(C)c1C(=O)NC1CC(N(CC(=O)O)CC2CC2)C1. The van der Waals surface area contributed by atoms with Gasteiger partial charge < -0.3 is 15.7 Å². The van der Waals surface area contributed by atoms with Crippen molar-refractivity contribution in [2.75, 3.05) is 25.5 Å². The van der Waals surface area contributed by atoms with E-state index in [-0.39, 0.29) is 24.5 Å². The van der Waals surface area contributed by atoms with Crippen LogP contribution in [0.3, 0.4) is 0 Å². The first-order valence-electron chi connectivity index (χ1n) is 8.38. The van der Waals surface area contributed by atoms with Gasteiger partial charge in [0.1, 0.15) is 5.00 Å². The van der Waals surface area contributed by atoms with E-state index in [1.165, 1.54) is 24.4 Å². The number of carbonyl (C=O) groups is 2. The topological polar surface area (TPSA) is 94.6 Å². The summed E-state index contributed by atoms with van der Waals surface area (Å²) in [4.78, 5) is 25.6. The summed E-state index contributed by atoms with van der Waals surface area (Å²) in [5, 5.41) is 15.9. The van der Waals surface area contributed by atoms with Crippen molar-refractivity contribution in [3.8, 4) is 0 Å². The molecule has 1 aromatic heterocycles. The van der Waals surface area contributed by atoms with E-state index in [9.17, 15) is 9.59 Å². The van der Waals surface area contributed by atoms with Gasteiger partial charge in [0, 0.05) is 25.7 Å². The lowest BCUT2D eigenvalue weighted by molar-refractivity contribution is -0.139. The molecule has 2 saturated carbocycles. The Kier molecular flexibility index (Phi) is 5.05. The first-order chi connectivity index (χ1) is 11.5. The summed E-state index contributed by atoms with van der Waals surface area (Å²) >= 11 is 1.29. The molecule has 3 rings (SSSR count). The molecule has 2 aliphatic carbocycles. The fraction of sp³-hybridized carbons (Fsp3) is 0.688. The number of carbonyl (C=O) groups excluding carboxylic acids is 1. The number of aliphatic carboxylic acids is 1. The lowest BCUT2D eigenvalue weighted by atomic mass is 9.85. The molecule has 3 N–H and O–H groups in total. The fourth-order valence-corrected chi connectivity index (χ4v) is 3.96. The van der Waals surface area contributed by atoms with Gasteiger partial charge in [0.25, 0.3) is 5.91 Å². The Balaban J connectivity index is 1.52. The monoisotopic (exact) mass is 352 g/mol. The van der Waals surface area contributed by atoms with Crippen molar-refractivity contribution in [1.82, 2.24) is 14.6 Å². The Morgan fingerprint density at radius 1 is 1.38 bits per heavy atom. The third-order valence-electron chi connectivity index (χ3n) is 4.81. The molecule has 2 aliphatic rings. The number of rotatable bonds is 8. The Morgan fingerprint density at radius 2 is 2.08 bits per heavy atom. The Hall–Kier alpha value is -1.67. The van der Waals surface area contributed by atoms with Crippen LogP contribution in [-0.2, 0) is 4.79 Å². The quantitative estimate of drug-likeness (QED) is 0.657. The molecule has 0 radical (unpaired) electrons. The van der Waals surface area contributed by atoms with E-state index < -0.39 is 5.97 Å². The number of carboxylic acid groups (broad SMARTS) is 1. The molecule has 1 heterocycles. The highest BCUT2D eigenvalue weighted by molar-refractivity contribution is 7.10. The molecule has 0 aromatic carbocycles. The molecule has 1 aromatic rings. The molecule has 24 heavy (non-hydrogen) atoms. The highest BCUT2D eigenvalue weighted by Gasteiger charge is 2.38. The number of aromatic nitrogens is 1. The number of nitrogens with one attached hydrogen (secondary N) is 2. The molecule has 132 valence electrons. The summed E-state index contributed by atoms with van der Waals surface area (Å²) in [5.41, 5.74) is 1.35. The highest BCUT2D eigenvalue weighted by Crippen LogP contribution is 2.34. The number of hydrogen-bond donors (Lipinski definition) is 3. The van der Waals surface area contributed by atoms with Crippen molar-refractivity contribution >= 4 is 28.4 Å². The van der Waals surface area contributed by atoms with E-state index in [1.54, 1.807) is 7.05 Å². The minimum absolute atomic E-state index is 0.0963. The minimum atomic E-state index is -0.776. The zero-order chi connectivity index (χ0) is 17.3. The molecule has 0 bridgehead atoms. The van der Waals surface area contributed by atoms with Crippen LogP contribution in [0, 0.1) is 12.8 Å². The molecule has 0 spiro atoms. The van der Waals surface area contributed by atoms with E-state index in [1.807, 2.05) is 6.92 Å². The summed E-state index contributed by atoms with van der Waals surface area (Å²) in [6, 6.07) is 0.375. The van der Waals surface area contributed by atoms with Crippen LogP contribution in [0.25, 0.3) is 0 Å². The van der Waals surface area contributed by atoms with Gasteiger partial charge in [-0.2, -0.15) is 4.37 Å². The maximum Gasteiger partial charge on any atom is 0.317 e. The largest absolute Gasteiger partial charge is 0.480 e. The number of anilines is 1. The first-order valence-corrected chi connectivity index (χ1v) is 9.16. The number of carboxylic acids is 1. The molecular formula is C16H24N4O3S. The van der Waals surface area contributed by atoms with Gasteiger partial charge in [0.15, 0.2) is 0 Å². The van der Waals surface area contributed by atoms with Crippen LogP contribution in [0.2, 0.25) is 0 Å². The number of amides is 1. The summed E-state index contributed by atoms with van der Waals surface area (Å²) in [7, 11) is 1.78. The van der Waals surface area contributed by atoms with E-state index in [4.69, 9.17) is 5.11 Å². The predicted molar refractivity (Wildman–Crippen MR) is 92.6 cm³/mol. The fourth-order valence-electron chi connectivity index (χ4n) is 3.22. The van der Waals surface area contributed by atoms with Gasteiger partial charge in [-0.1, -0.05) is 0 Å². The average molecular weight is 352 g/mol. The van der Waals surface area contributed by atoms with Gasteiger partial charge in [0.2, 0.25) is 0 Å². The molecule has 0 unspecified atom stereocenters. The van der Waals surface area contributed by atoms with Crippen molar-refractivity contribution in [1.29, 1.82) is 0 Å². The van der Waals surface area contributed by atoms with Crippen LogP contribution in [0.5, 0.6) is 0 Å². The van der Waals surface area contributed by atoms with Crippen molar-refractivity contribution in [2.24, 2.45) is 5.92 Å². The second kappa shape index (κ2) is 7.06. The van der Waals surface area contributed by atoms with Gasteiger partial charge in [-0.3, -0.25) is 14.5 Å². The van der Waals surface area contributed by atoms with Crippen LogP contribution in [0.15, 0.2) is 0 Å². The van der Waals surface area contributed by atoms with Crippen LogP contribution in [0.1, 0.15) is 41.7 Å². The summed E-state index contributed by atoms with van der Waals surface area (Å²) in [5.74, 6) is -0.210. The lowest BCUT2D eigenvalue weighted by Gasteiger charge is -2.42. The van der Waals surface area contributed by atoms with Crippen LogP contribution >= 0.6 is 11.5 Å². The van der Waals surface area contributed by atoms with Crippen molar-refractivity contribution < 1.29 is 14.7 Å². The Labute approximate surface area is 145 Å². The molecule has 8 heteroatoms. The molecule has 7 nitrogen and oxygen atoms in total. The zero-order valence-corrected chi connectivity index (χ0v) is 14.9. The van der Waals surface area contributed by atoms with Crippen molar-refractivity contribution in [2.45, 2.75) is 44.7 Å². The highest BCUT2D eigenvalue weighted by atomic mass is 32.1. The minimum Gasteiger partial charge on any atom is -0.480 e. The van der Waals surface area contributed by atoms with Gasteiger partial charge in [0.05, 0.1) is 17.8 Å². The van der Waals surface area contributed by atoms with E-state index in [0.717, 1.165) is 30.1 Å². The van der Waals surface area contributed by atoms with Crippen molar-refractivity contribution in [3.63, 3.8) is 0 Å². The molecule has 0 atom stereocenters. The average Bonchev–Trinajstić information content (AvgIpc) is 3.21.